The monoisotopic (exact) mass is 619 g/mol. The highest BCUT2D eigenvalue weighted by atomic mass is 32.1. The Morgan fingerprint density at radius 2 is 1.20 bits per heavy atom. The van der Waals surface area contributed by atoms with E-state index in [0.29, 0.717) is 23.1 Å². The Labute approximate surface area is 272 Å². The zero-order valence-corrected chi connectivity index (χ0v) is 26.5. The first kappa shape index (κ1) is 29.3. The molecule has 7 nitrogen and oxygen atoms in total. The molecule has 226 valence electrons. The predicted molar refractivity (Wildman–Crippen MR) is 182 cm³/mol. The molecule has 0 aliphatic heterocycles. The van der Waals surface area contributed by atoms with Crippen molar-refractivity contribution >= 4 is 11.3 Å². The van der Waals surface area contributed by atoms with E-state index in [1.165, 1.54) is 11.3 Å². The molecule has 0 aliphatic rings. The lowest BCUT2D eigenvalue weighted by molar-refractivity contribution is 0.451. The van der Waals surface area contributed by atoms with E-state index in [-0.39, 0.29) is 0 Å². The highest BCUT2D eigenvalue weighted by Gasteiger charge is 2.42. The number of aromatic nitrogens is 6. The topological polar surface area (TPSA) is 85.3 Å². The third-order valence-corrected chi connectivity index (χ3v) is 9.44. The summed E-state index contributed by atoms with van der Waals surface area (Å²) < 4.78 is 3.74. The van der Waals surface area contributed by atoms with Gasteiger partial charge in [0.1, 0.15) is 10.5 Å². The van der Waals surface area contributed by atoms with Crippen molar-refractivity contribution < 1.29 is 0 Å². The molecule has 0 spiro atoms. The van der Waals surface area contributed by atoms with Gasteiger partial charge in [0.2, 0.25) is 4.80 Å². The van der Waals surface area contributed by atoms with Crippen molar-refractivity contribution in [1.29, 1.82) is 5.41 Å². The SMILES string of the molecule is CC(C)c1nn(Cc2ccc(-c3ccccc3-c3nnnn3C(c3ccccc3)(c3ccccc3)c3ccccc3)cc2)c(=N)s1. The Bertz CT molecular complexity index is 2020. The van der Waals surface area contributed by atoms with E-state index in [0.717, 1.165) is 44.0 Å². The van der Waals surface area contributed by atoms with Gasteiger partial charge < -0.3 is 0 Å². The number of benzene rings is 5. The van der Waals surface area contributed by atoms with E-state index in [1.807, 2.05) is 35.0 Å². The Kier molecular flexibility index (Phi) is 7.95. The van der Waals surface area contributed by atoms with Crippen LogP contribution >= 0.6 is 11.3 Å². The number of nitrogens with one attached hydrogen (secondary N) is 1. The van der Waals surface area contributed by atoms with Crippen molar-refractivity contribution in [2.24, 2.45) is 0 Å². The standard InChI is InChI=1S/C38H33N7S/c1-27(2)36-41-44(37(39)46-36)26-28-22-24-29(25-23-28)33-20-12-13-21-34(33)35-40-42-43-45(35)38(30-14-6-3-7-15-30,31-16-8-4-9-17-31)32-18-10-5-11-19-32/h3-25,27,39H,26H2,1-2H3. The van der Waals surface area contributed by atoms with Crippen molar-refractivity contribution in [3.05, 3.63) is 172 Å². The highest BCUT2D eigenvalue weighted by Crippen LogP contribution is 2.43. The second kappa shape index (κ2) is 12.5. The average Bonchev–Trinajstić information content (AvgIpc) is 3.74. The first-order valence-corrected chi connectivity index (χ1v) is 16.1. The maximum Gasteiger partial charge on any atom is 0.200 e. The molecule has 0 bridgehead atoms. The first-order valence-electron chi connectivity index (χ1n) is 15.3. The third-order valence-electron chi connectivity index (χ3n) is 8.28. The molecule has 7 rings (SSSR count). The molecular weight excluding hydrogens is 587 g/mol. The van der Waals surface area contributed by atoms with Crippen molar-refractivity contribution in [2.75, 3.05) is 0 Å². The van der Waals surface area contributed by atoms with E-state index < -0.39 is 5.54 Å². The van der Waals surface area contributed by atoms with Crippen LogP contribution in [0.1, 0.15) is 47.0 Å². The van der Waals surface area contributed by atoms with Crippen LogP contribution in [-0.2, 0) is 12.1 Å². The molecule has 0 saturated heterocycles. The van der Waals surface area contributed by atoms with Crippen molar-refractivity contribution in [1.82, 2.24) is 30.0 Å². The van der Waals surface area contributed by atoms with E-state index >= 15 is 0 Å². The Balaban J connectivity index is 1.36. The van der Waals surface area contributed by atoms with E-state index in [9.17, 15) is 0 Å². The van der Waals surface area contributed by atoms with Gasteiger partial charge in [-0.25, -0.2) is 9.36 Å². The van der Waals surface area contributed by atoms with Crippen LogP contribution in [0.2, 0.25) is 0 Å². The van der Waals surface area contributed by atoms with Crippen LogP contribution in [0.4, 0.5) is 0 Å². The van der Waals surface area contributed by atoms with E-state index in [2.05, 4.69) is 138 Å². The Hall–Kier alpha value is -5.47. The van der Waals surface area contributed by atoms with Crippen molar-refractivity contribution in [3.8, 4) is 22.5 Å². The maximum atomic E-state index is 8.37. The van der Waals surface area contributed by atoms with Gasteiger partial charge in [-0.3, -0.25) is 5.41 Å². The quantitative estimate of drug-likeness (QED) is 0.167. The van der Waals surface area contributed by atoms with Gasteiger partial charge >= 0.3 is 0 Å². The molecule has 0 saturated carbocycles. The molecule has 7 aromatic rings. The fourth-order valence-corrected chi connectivity index (χ4v) is 6.84. The Morgan fingerprint density at radius 1 is 0.674 bits per heavy atom. The van der Waals surface area contributed by atoms with Crippen LogP contribution in [0.25, 0.3) is 22.5 Å². The number of nitrogens with zero attached hydrogens (tertiary/aromatic N) is 6. The number of hydrogen-bond donors (Lipinski definition) is 1. The molecule has 0 fully saturated rings. The lowest BCUT2D eigenvalue weighted by Gasteiger charge is -2.36. The van der Waals surface area contributed by atoms with Gasteiger partial charge in [-0.2, -0.15) is 5.10 Å². The minimum absolute atomic E-state index is 0.301. The Morgan fingerprint density at radius 3 is 1.72 bits per heavy atom. The lowest BCUT2D eigenvalue weighted by atomic mass is 9.77. The van der Waals surface area contributed by atoms with Crippen LogP contribution in [0.15, 0.2) is 140 Å². The zero-order chi connectivity index (χ0) is 31.5. The summed E-state index contributed by atoms with van der Waals surface area (Å²) in [5.74, 6) is 0.962. The first-order chi connectivity index (χ1) is 22.6. The largest absolute Gasteiger partial charge is 0.274 e. The van der Waals surface area contributed by atoms with Crippen LogP contribution in [0, 0.1) is 5.41 Å². The van der Waals surface area contributed by atoms with Crippen LogP contribution < -0.4 is 4.80 Å². The smallest absolute Gasteiger partial charge is 0.200 e. The van der Waals surface area contributed by atoms with Gasteiger partial charge in [-0.1, -0.05) is 165 Å². The molecule has 0 amide bonds. The lowest BCUT2D eigenvalue weighted by Crippen LogP contribution is -2.39. The molecule has 2 aromatic heterocycles. The summed E-state index contributed by atoms with van der Waals surface area (Å²) in [6.07, 6.45) is 0. The highest BCUT2D eigenvalue weighted by molar-refractivity contribution is 7.08. The minimum Gasteiger partial charge on any atom is -0.274 e. The summed E-state index contributed by atoms with van der Waals surface area (Å²) in [5.41, 5.74) is 6.41. The van der Waals surface area contributed by atoms with Crippen LogP contribution in [0.5, 0.6) is 0 Å². The third kappa shape index (κ3) is 5.26. The van der Waals surface area contributed by atoms with E-state index in [4.69, 9.17) is 10.6 Å². The second-order valence-electron chi connectivity index (χ2n) is 11.5. The summed E-state index contributed by atoms with van der Waals surface area (Å²) >= 11 is 1.44. The minimum atomic E-state index is -0.840. The fraction of sp³-hybridized carbons (Fsp3) is 0.132. The molecule has 0 unspecified atom stereocenters. The molecule has 2 heterocycles. The molecule has 1 N–H and O–H groups in total. The normalized spacial score (nSPS) is 11.6. The summed E-state index contributed by atoms with van der Waals surface area (Å²) in [7, 11) is 0. The van der Waals surface area contributed by atoms with Gasteiger partial charge in [0.15, 0.2) is 5.82 Å². The molecular formula is C38H33N7S. The van der Waals surface area contributed by atoms with Gasteiger partial charge in [-0.15, -0.1) is 5.10 Å². The number of hydrogen-bond acceptors (Lipinski definition) is 6. The van der Waals surface area contributed by atoms with E-state index in [1.54, 1.807) is 4.68 Å². The maximum absolute atomic E-state index is 8.37. The summed E-state index contributed by atoms with van der Waals surface area (Å²) in [6.45, 7) is 4.76. The zero-order valence-electron chi connectivity index (χ0n) is 25.7. The molecule has 5 aromatic carbocycles. The molecule has 46 heavy (non-hydrogen) atoms. The fourth-order valence-electron chi connectivity index (χ4n) is 6.06. The predicted octanol–water partition coefficient (Wildman–Crippen LogP) is 7.76. The molecule has 8 heteroatoms. The molecule has 0 atom stereocenters. The second-order valence-corrected chi connectivity index (χ2v) is 12.5. The van der Waals surface area contributed by atoms with Gasteiger partial charge in [0.25, 0.3) is 0 Å². The summed E-state index contributed by atoms with van der Waals surface area (Å²) in [4.78, 5) is 0.462. The summed E-state index contributed by atoms with van der Waals surface area (Å²) in [6, 6.07) is 48.1. The van der Waals surface area contributed by atoms with Crippen LogP contribution in [-0.4, -0.2) is 30.0 Å². The van der Waals surface area contributed by atoms with Crippen molar-refractivity contribution in [2.45, 2.75) is 31.8 Å². The summed E-state index contributed by atoms with van der Waals surface area (Å²) in [5, 5.41) is 27.7. The molecule has 0 radical (unpaired) electrons. The van der Waals surface area contributed by atoms with Gasteiger partial charge in [0, 0.05) is 11.5 Å². The van der Waals surface area contributed by atoms with Crippen molar-refractivity contribution in [3.63, 3.8) is 0 Å². The van der Waals surface area contributed by atoms with Crippen LogP contribution in [0.3, 0.4) is 0 Å². The van der Waals surface area contributed by atoms with Gasteiger partial charge in [0.05, 0.1) is 6.54 Å². The van der Waals surface area contributed by atoms with Gasteiger partial charge in [-0.05, 0) is 43.8 Å². The molecule has 0 aliphatic carbocycles. The number of rotatable bonds is 9. The average molecular weight is 620 g/mol. The number of tetrazole rings is 1.